The third-order valence-electron chi connectivity index (χ3n) is 3.56. The zero-order chi connectivity index (χ0) is 15.7. The van der Waals surface area contributed by atoms with Crippen LogP contribution in [0.5, 0.6) is 0 Å². The maximum Gasteiger partial charge on any atom is 0.161 e. The summed E-state index contributed by atoms with van der Waals surface area (Å²) >= 11 is 1.88. The van der Waals surface area contributed by atoms with Crippen molar-refractivity contribution in [1.29, 1.82) is 0 Å². The highest BCUT2D eigenvalue weighted by Crippen LogP contribution is 2.32. The van der Waals surface area contributed by atoms with E-state index in [0.717, 1.165) is 17.4 Å². The molecule has 0 spiro atoms. The van der Waals surface area contributed by atoms with E-state index in [1.165, 1.54) is 12.0 Å². The van der Waals surface area contributed by atoms with Gasteiger partial charge in [-0.05, 0) is 34.9 Å². The molecule has 1 aromatic rings. The van der Waals surface area contributed by atoms with E-state index in [4.69, 9.17) is 0 Å². The van der Waals surface area contributed by atoms with Crippen molar-refractivity contribution in [1.82, 2.24) is 0 Å². The Bertz CT molecular complexity index is 504. The van der Waals surface area contributed by atoms with Crippen LogP contribution in [0.4, 0.5) is 5.69 Å². The maximum atomic E-state index is 4.64. The lowest BCUT2D eigenvalue weighted by Crippen LogP contribution is -2.16. The Morgan fingerprint density at radius 2 is 1.71 bits per heavy atom. The number of nitrogens with zero attached hydrogens (tertiary/aromatic N) is 1. The lowest BCUT2D eigenvalue weighted by atomic mass is 9.87. The molecule has 1 aromatic carbocycles. The van der Waals surface area contributed by atoms with Gasteiger partial charge in [-0.25, -0.2) is 0 Å². The van der Waals surface area contributed by atoms with Crippen molar-refractivity contribution in [2.45, 2.75) is 58.6 Å². The Kier molecular flexibility index (Phi) is 4.72. The van der Waals surface area contributed by atoms with Gasteiger partial charge in [-0.15, -0.1) is 0 Å². The maximum absolute atomic E-state index is 4.64. The summed E-state index contributed by atoms with van der Waals surface area (Å²) in [4.78, 5) is 4.64. The average Bonchev–Trinajstić information content (AvgIpc) is 2.73. The molecule has 1 N–H and O–H groups in total. The summed E-state index contributed by atoms with van der Waals surface area (Å²) in [6.45, 7) is 14.5. The molecule has 0 aromatic heterocycles. The molecule has 3 heteroatoms. The van der Waals surface area contributed by atoms with Gasteiger partial charge in [0.25, 0.3) is 0 Å². The predicted molar refractivity (Wildman–Crippen MR) is 96.5 cm³/mol. The molecule has 21 heavy (non-hydrogen) atoms. The van der Waals surface area contributed by atoms with Crippen molar-refractivity contribution in [3.8, 4) is 0 Å². The molecule has 0 saturated heterocycles. The standard InChI is InChI=1S/C18H28N2S/c1-17(2,3)11-15-12-19-16(21-15)20-14-9-7-13(8-10-14)18(4,5)6/h7-10,15H,11-12H2,1-6H3,(H,19,20). The lowest BCUT2D eigenvalue weighted by Gasteiger charge is -2.21. The first-order chi connectivity index (χ1) is 9.63. The Morgan fingerprint density at radius 3 is 2.24 bits per heavy atom. The Balaban J connectivity index is 1.92. The van der Waals surface area contributed by atoms with Crippen molar-refractivity contribution in [2.75, 3.05) is 11.9 Å². The summed E-state index contributed by atoms with van der Waals surface area (Å²) in [6.07, 6.45) is 1.20. The van der Waals surface area contributed by atoms with Crippen LogP contribution in [0.3, 0.4) is 0 Å². The molecule has 0 radical (unpaired) electrons. The number of benzene rings is 1. The highest BCUT2D eigenvalue weighted by Gasteiger charge is 2.25. The molecule has 0 aliphatic carbocycles. The fraction of sp³-hybridized carbons (Fsp3) is 0.611. The second kappa shape index (κ2) is 6.04. The zero-order valence-corrected chi connectivity index (χ0v) is 15.0. The second-order valence-electron chi connectivity index (χ2n) is 8.10. The van der Waals surface area contributed by atoms with Crippen LogP contribution in [-0.4, -0.2) is 17.0 Å². The molecule has 2 nitrogen and oxygen atoms in total. The van der Waals surface area contributed by atoms with E-state index < -0.39 is 0 Å². The number of aliphatic imine (C=N–C) groups is 1. The number of hydrogen-bond donors (Lipinski definition) is 1. The molecule has 0 amide bonds. The number of anilines is 1. The van der Waals surface area contributed by atoms with Crippen LogP contribution in [-0.2, 0) is 5.41 Å². The summed E-state index contributed by atoms with van der Waals surface area (Å²) < 4.78 is 0. The molecule has 116 valence electrons. The number of thioether (sulfide) groups is 1. The molecule has 0 bridgehead atoms. The Labute approximate surface area is 133 Å². The normalized spacial score (nSPS) is 19.5. The van der Waals surface area contributed by atoms with E-state index in [1.54, 1.807) is 0 Å². The van der Waals surface area contributed by atoms with Gasteiger partial charge in [0, 0.05) is 10.9 Å². The van der Waals surface area contributed by atoms with Crippen LogP contribution in [0.15, 0.2) is 29.3 Å². The van der Waals surface area contributed by atoms with Gasteiger partial charge < -0.3 is 5.32 Å². The third kappa shape index (κ3) is 5.06. The van der Waals surface area contributed by atoms with E-state index in [2.05, 4.69) is 76.1 Å². The van der Waals surface area contributed by atoms with Crippen molar-refractivity contribution < 1.29 is 0 Å². The molecule has 1 unspecified atom stereocenters. The van der Waals surface area contributed by atoms with E-state index in [0.29, 0.717) is 10.7 Å². The van der Waals surface area contributed by atoms with Crippen molar-refractivity contribution in [3.63, 3.8) is 0 Å². The van der Waals surface area contributed by atoms with Crippen molar-refractivity contribution in [3.05, 3.63) is 29.8 Å². The van der Waals surface area contributed by atoms with Gasteiger partial charge >= 0.3 is 0 Å². The third-order valence-corrected chi connectivity index (χ3v) is 4.66. The highest BCUT2D eigenvalue weighted by molar-refractivity contribution is 8.15. The minimum atomic E-state index is 0.204. The van der Waals surface area contributed by atoms with Gasteiger partial charge in [0.15, 0.2) is 5.17 Å². The number of hydrogen-bond acceptors (Lipinski definition) is 3. The minimum absolute atomic E-state index is 0.204. The van der Waals surface area contributed by atoms with Crippen molar-refractivity contribution in [2.24, 2.45) is 10.4 Å². The molecule has 2 rings (SSSR count). The Hall–Kier alpha value is -0.960. The van der Waals surface area contributed by atoms with E-state index in [1.807, 2.05) is 11.8 Å². The number of nitrogens with one attached hydrogen (secondary N) is 1. The largest absolute Gasteiger partial charge is 0.335 e. The molecule has 1 aliphatic rings. The topological polar surface area (TPSA) is 24.4 Å². The molecule has 1 heterocycles. The number of amidine groups is 1. The van der Waals surface area contributed by atoms with Gasteiger partial charge in [-0.1, -0.05) is 65.4 Å². The average molecular weight is 305 g/mol. The highest BCUT2D eigenvalue weighted by atomic mass is 32.2. The summed E-state index contributed by atoms with van der Waals surface area (Å²) in [5.74, 6) is 0. The van der Waals surface area contributed by atoms with E-state index >= 15 is 0 Å². The van der Waals surface area contributed by atoms with E-state index in [-0.39, 0.29) is 5.41 Å². The number of rotatable bonds is 2. The summed E-state index contributed by atoms with van der Waals surface area (Å²) in [6, 6.07) is 8.71. The Morgan fingerprint density at radius 1 is 1.10 bits per heavy atom. The van der Waals surface area contributed by atoms with Gasteiger partial charge in [-0.2, -0.15) is 0 Å². The van der Waals surface area contributed by atoms with Gasteiger partial charge in [-0.3, -0.25) is 4.99 Å². The lowest BCUT2D eigenvalue weighted by molar-refractivity contribution is 0.375. The zero-order valence-electron chi connectivity index (χ0n) is 14.2. The fourth-order valence-electron chi connectivity index (χ4n) is 2.45. The summed E-state index contributed by atoms with van der Waals surface area (Å²) in [7, 11) is 0. The smallest absolute Gasteiger partial charge is 0.161 e. The van der Waals surface area contributed by atoms with Crippen LogP contribution < -0.4 is 5.32 Å². The van der Waals surface area contributed by atoms with Crippen LogP contribution >= 0.6 is 11.8 Å². The van der Waals surface area contributed by atoms with Crippen LogP contribution in [0.2, 0.25) is 0 Å². The molecule has 0 saturated carbocycles. The van der Waals surface area contributed by atoms with Crippen LogP contribution in [0.25, 0.3) is 0 Å². The monoisotopic (exact) mass is 304 g/mol. The van der Waals surface area contributed by atoms with E-state index in [9.17, 15) is 0 Å². The van der Waals surface area contributed by atoms with Gasteiger partial charge in [0.2, 0.25) is 0 Å². The molecular weight excluding hydrogens is 276 g/mol. The van der Waals surface area contributed by atoms with Crippen LogP contribution in [0.1, 0.15) is 53.5 Å². The predicted octanol–water partition coefficient (Wildman–Crippen LogP) is 5.30. The molecule has 1 aliphatic heterocycles. The first-order valence-electron chi connectivity index (χ1n) is 7.72. The van der Waals surface area contributed by atoms with Crippen LogP contribution in [0, 0.1) is 5.41 Å². The van der Waals surface area contributed by atoms with Crippen molar-refractivity contribution >= 4 is 22.6 Å². The first-order valence-corrected chi connectivity index (χ1v) is 8.60. The van der Waals surface area contributed by atoms with Gasteiger partial charge in [0.05, 0.1) is 6.54 Å². The SMILES string of the molecule is CC(C)(C)CC1CN=C(Nc2ccc(C(C)(C)C)cc2)S1. The summed E-state index contributed by atoms with van der Waals surface area (Å²) in [5.41, 5.74) is 3.07. The second-order valence-corrected chi connectivity index (χ2v) is 9.39. The summed E-state index contributed by atoms with van der Waals surface area (Å²) in [5, 5.41) is 5.12. The minimum Gasteiger partial charge on any atom is -0.335 e. The van der Waals surface area contributed by atoms with Gasteiger partial charge in [0.1, 0.15) is 0 Å². The molecule has 1 atom stereocenters. The first kappa shape index (κ1) is 16.4. The molecule has 0 fully saturated rings. The fourth-order valence-corrected chi connectivity index (χ4v) is 3.83. The quantitative estimate of drug-likeness (QED) is 0.801. The molecular formula is C18H28N2S.